The zero-order valence-corrected chi connectivity index (χ0v) is 16.5. The number of nitrogens with zero attached hydrogens (tertiary/aromatic N) is 5. The molecule has 0 N–H and O–H groups in total. The van der Waals surface area contributed by atoms with E-state index in [2.05, 4.69) is 44.6 Å². The first-order valence-corrected chi connectivity index (χ1v) is 10.4. The van der Waals surface area contributed by atoms with Crippen LogP contribution >= 0.6 is 0 Å². The summed E-state index contributed by atoms with van der Waals surface area (Å²) < 4.78 is 7.71. The molecule has 0 amide bonds. The largest absolute Gasteiger partial charge is 0.442 e. The van der Waals surface area contributed by atoms with Crippen molar-refractivity contribution in [3.63, 3.8) is 0 Å². The van der Waals surface area contributed by atoms with E-state index in [1.807, 2.05) is 30.7 Å². The average Bonchev–Trinajstić information content (AvgIpc) is 3.48. The number of pyridine rings is 1. The van der Waals surface area contributed by atoms with E-state index in [-0.39, 0.29) is 6.04 Å². The Kier molecular flexibility index (Phi) is 3.00. The first-order chi connectivity index (χ1) is 14.7. The van der Waals surface area contributed by atoms with E-state index < -0.39 is 0 Å². The van der Waals surface area contributed by atoms with E-state index in [1.165, 1.54) is 24.8 Å². The smallest absolute Gasteiger partial charge is 0.181 e. The maximum Gasteiger partial charge on any atom is 0.181 e. The second-order valence-corrected chi connectivity index (χ2v) is 8.58. The van der Waals surface area contributed by atoms with E-state index in [0.717, 1.165) is 40.0 Å². The lowest BCUT2D eigenvalue weighted by Gasteiger charge is -2.14. The van der Waals surface area contributed by atoms with Crippen molar-refractivity contribution in [1.82, 2.24) is 19.5 Å². The number of oxazole rings is 1. The first kappa shape index (κ1) is 16.3. The maximum absolute atomic E-state index is 5.56. The van der Waals surface area contributed by atoms with E-state index >= 15 is 0 Å². The number of hydrogen-bond acceptors (Lipinski definition) is 5. The second kappa shape index (κ2) is 5.53. The van der Waals surface area contributed by atoms with Crippen molar-refractivity contribution < 1.29 is 4.42 Å². The number of imidazole rings is 1. The van der Waals surface area contributed by atoms with Crippen LogP contribution in [-0.4, -0.2) is 25.2 Å². The fraction of sp³-hybridized carbons (Fsp3) is 0.250. The summed E-state index contributed by atoms with van der Waals surface area (Å²) >= 11 is 0. The van der Waals surface area contributed by atoms with Gasteiger partial charge in [-0.25, -0.2) is 9.97 Å². The molecule has 30 heavy (non-hydrogen) atoms. The van der Waals surface area contributed by atoms with Crippen LogP contribution in [0.5, 0.6) is 0 Å². The van der Waals surface area contributed by atoms with Crippen LogP contribution in [0.25, 0.3) is 17.1 Å². The summed E-state index contributed by atoms with van der Waals surface area (Å²) in [4.78, 5) is 18.5. The molecular formula is C24H19N5O. The van der Waals surface area contributed by atoms with Gasteiger partial charge in [-0.05, 0) is 60.9 Å². The summed E-state index contributed by atoms with van der Waals surface area (Å²) in [5.41, 5.74) is 7.67. The Morgan fingerprint density at radius 2 is 2.03 bits per heavy atom. The summed E-state index contributed by atoms with van der Waals surface area (Å²) in [5, 5.41) is 0. The lowest BCUT2D eigenvalue weighted by atomic mass is 9.96. The van der Waals surface area contributed by atoms with Crippen LogP contribution in [0.2, 0.25) is 0 Å². The summed E-state index contributed by atoms with van der Waals surface area (Å²) in [6.45, 7) is 2.10. The molecule has 3 aromatic heterocycles. The monoisotopic (exact) mass is 393 g/mol. The number of aliphatic imine (C=N–C) groups is 1. The molecule has 1 atom stereocenters. The molecule has 2 fully saturated rings. The summed E-state index contributed by atoms with van der Waals surface area (Å²) in [5.74, 6) is 1.54. The fourth-order valence-electron chi connectivity index (χ4n) is 4.92. The van der Waals surface area contributed by atoms with Gasteiger partial charge in [0.2, 0.25) is 0 Å². The van der Waals surface area contributed by atoms with Crippen LogP contribution in [0, 0.1) is 5.92 Å². The van der Waals surface area contributed by atoms with Gasteiger partial charge < -0.3 is 4.42 Å². The molecule has 0 bridgehead atoms. The van der Waals surface area contributed by atoms with Gasteiger partial charge in [-0.15, -0.1) is 0 Å². The molecule has 0 radical (unpaired) electrons. The molecule has 1 aromatic carbocycles. The van der Waals surface area contributed by atoms with Crippen molar-refractivity contribution >= 4 is 5.71 Å². The lowest BCUT2D eigenvalue weighted by molar-refractivity contribution is 0.568. The van der Waals surface area contributed by atoms with Gasteiger partial charge in [0, 0.05) is 11.8 Å². The maximum atomic E-state index is 5.56. The van der Waals surface area contributed by atoms with Crippen molar-refractivity contribution in [3.8, 4) is 17.1 Å². The van der Waals surface area contributed by atoms with Crippen LogP contribution in [0.1, 0.15) is 48.3 Å². The Balaban J connectivity index is 1.49. The van der Waals surface area contributed by atoms with E-state index in [9.17, 15) is 0 Å². The topological polar surface area (TPSA) is 69.1 Å². The Morgan fingerprint density at radius 1 is 1.13 bits per heavy atom. The molecule has 4 aromatic rings. The lowest BCUT2D eigenvalue weighted by Crippen LogP contribution is -2.10. The molecule has 146 valence electrons. The van der Waals surface area contributed by atoms with Gasteiger partial charge in [-0.1, -0.05) is 12.1 Å². The number of hydrogen-bond donors (Lipinski definition) is 0. The third-order valence-electron chi connectivity index (χ3n) is 6.86. The van der Waals surface area contributed by atoms with Crippen molar-refractivity contribution in [3.05, 3.63) is 84.0 Å². The zero-order chi connectivity index (χ0) is 19.9. The van der Waals surface area contributed by atoms with Gasteiger partial charge in [0.25, 0.3) is 0 Å². The van der Waals surface area contributed by atoms with Gasteiger partial charge in [0.15, 0.2) is 12.2 Å². The normalized spacial score (nSPS) is 25.6. The van der Waals surface area contributed by atoms with Gasteiger partial charge in [-0.3, -0.25) is 14.5 Å². The second-order valence-electron chi connectivity index (χ2n) is 8.58. The average molecular weight is 393 g/mol. The van der Waals surface area contributed by atoms with E-state index in [0.29, 0.717) is 11.2 Å². The molecule has 7 rings (SSSR count). The fourth-order valence-corrected chi connectivity index (χ4v) is 4.92. The molecule has 2 saturated carbocycles. The molecule has 0 unspecified atom stereocenters. The minimum absolute atomic E-state index is 0.117. The zero-order valence-electron chi connectivity index (χ0n) is 16.5. The molecular weight excluding hydrogens is 374 g/mol. The predicted molar refractivity (Wildman–Crippen MR) is 112 cm³/mol. The highest BCUT2D eigenvalue weighted by Crippen LogP contribution is 2.75. The Labute approximate surface area is 173 Å². The van der Waals surface area contributed by atoms with Crippen molar-refractivity contribution in [2.75, 3.05) is 0 Å². The minimum atomic E-state index is -0.117. The minimum Gasteiger partial charge on any atom is -0.442 e. The molecule has 1 aliphatic heterocycles. The highest BCUT2D eigenvalue weighted by atomic mass is 16.3. The van der Waals surface area contributed by atoms with Crippen LogP contribution in [-0.2, 0) is 5.41 Å². The van der Waals surface area contributed by atoms with Gasteiger partial charge >= 0.3 is 0 Å². The van der Waals surface area contributed by atoms with Gasteiger partial charge in [0.05, 0.1) is 35.0 Å². The highest BCUT2D eigenvalue weighted by Gasteiger charge is 2.70. The van der Waals surface area contributed by atoms with Crippen LogP contribution in [0.3, 0.4) is 0 Å². The highest BCUT2D eigenvalue weighted by molar-refractivity contribution is 6.14. The van der Waals surface area contributed by atoms with Crippen LogP contribution in [0.4, 0.5) is 0 Å². The molecule has 6 heteroatoms. The SMILES string of the molecule is C[C@@H]1N=C(c2ccccn2)c2cc(C34CC3C4)ccc2-n2cnc(-c3cnco3)c21. The summed E-state index contributed by atoms with van der Waals surface area (Å²) in [6.07, 6.45) is 9.48. The number of fused-ring (bicyclic) bond motifs is 4. The number of rotatable bonds is 3. The molecule has 4 heterocycles. The first-order valence-electron chi connectivity index (χ1n) is 10.4. The van der Waals surface area contributed by atoms with Crippen molar-refractivity contribution in [1.29, 1.82) is 0 Å². The summed E-state index contributed by atoms with van der Waals surface area (Å²) in [6, 6.07) is 12.7. The third kappa shape index (κ3) is 2.13. The van der Waals surface area contributed by atoms with Crippen molar-refractivity contribution in [2.24, 2.45) is 10.9 Å². The molecule has 0 spiro atoms. The molecule has 2 aliphatic carbocycles. The quantitative estimate of drug-likeness (QED) is 0.514. The van der Waals surface area contributed by atoms with E-state index in [4.69, 9.17) is 9.41 Å². The van der Waals surface area contributed by atoms with Gasteiger partial charge in [-0.2, -0.15) is 0 Å². The molecule has 6 nitrogen and oxygen atoms in total. The van der Waals surface area contributed by atoms with Crippen molar-refractivity contribution in [2.45, 2.75) is 31.2 Å². The van der Waals surface area contributed by atoms with E-state index in [1.54, 1.807) is 6.20 Å². The Morgan fingerprint density at radius 3 is 2.77 bits per heavy atom. The Bertz CT molecular complexity index is 1310. The molecule has 3 aliphatic rings. The summed E-state index contributed by atoms with van der Waals surface area (Å²) in [7, 11) is 0. The van der Waals surface area contributed by atoms with Crippen LogP contribution in [0.15, 0.2) is 70.9 Å². The van der Waals surface area contributed by atoms with Gasteiger partial charge in [0.1, 0.15) is 12.0 Å². The van der Waals surface area contributed by atoms with Crippen LogP contribution < -0.4 is 0 Å². The molecule has 0 saturated heterocycles. The Hall–Kier alpha value is -3.54. The predicted octanol–water partition coefficient (Wildman–Crippen LogP) is 4.50. The standard InChI is InChI=1S/C24H19N5O/c1-14-23-22(20-11-25-13-30-20)27-12-29(23)19-6-5-15(24-9-16(24)10-24)8-17(19)21(28-14)18-4-2-3-7-26-18/h2-8,11-14,16H,9-10H2,1H3/t14-,16?,24?/m0/s1. The number of aromatic nitrogens is 4. The number of benzene rings is 1. The third-order valence-corrected chi connectivity index (χ3v) is 6.86.